The van der Waals surface area contributed by atoms with E-state index >= 15 is 0 Å². The van der Waals surface area contributed by atoms with Gasteiger partial charge in [-0.05, 0) is 66.2 Å². The van der Waals surface area contributed by atoms with E-state index in [0.29, 0.717) is 24.7 Å². The summed E-state index contributed by atoms with van der Waals surface area (Å²) in [5.74, 6) is 0.0620. The van der Waals surface area contributed by atoms with Gasteiger partial charge >= 0.3 is 0 Å². The van der Waals surface area contributed by atoms with Crippen molar-refractivity contribution in [1.29, 1.82) is 0 Å². The van der Waals surface area contributed by atoms with Crippen LogP contribution < -0.4 is 11.1 Å². The van der Waals surface area contributed by atoms with Gasteiger partial charge in [-0.2, -0.15) is 0 Å². The van der Waals surface area contributed by atoms with Crippen molar-refractivity contribution in [3.05, 3.63) is 28.2 Å². The topological polar surface area (TPSA) is 58.4 Å². The first kappa shape index (κ1) is 15.0. The van der Waals surface area contributed by atoms with Gasteiger partial charge < -0.3 is 11.1 Å². The minimum absolute atomic E-state index is 0.0620. The van der Waals surface area contributed by atoms with Gasteiger partial charge in [0.15, 0.2) is 0 Å². The first-order valence-electron chi connectivity index (χ1n) is 7.60. The molecule has 1 aromatic carbocycles. The summed E-state index contributed by atoms with van der Waals surface area (Å²) in [7, 11) is 0. The summed E-state index contributed by atoms with van der Waals surface area (Å²) in [6.45, 7) is 2.51. The molecular formula is C16H22BrN3O. The molecule has 21 heavy (non-hydrogen) atoms. The van der Waals surface area contributed by atoms with Crippen LogP contribution in [-0.4, -0.2) is 35.5 Å². The Labute approximate surface area is 134 Å². The number of rotatable bonds is 3. The summed E-state index contributed by atoms with van der Waals surface area (Å²) in [5, 5.41) is 3.01. The zero-order valence-electron chi connectivity index (χ0n) is 12.3. The molecule has 4 nitrogen and oxygen atoms in total. The maximum atomic E-state index is 12.3. The Morgan fingerprint density at radius 3 is 2.67 bits per heavy atom. The number of benzene rings is 1. The molecule has 114 valence electrons. The van der Waals surface area contributed by atoms with Crippen LogP contribution in [0.25, 0.3) is 0 Å². The number of carbonyl (C=O) groups is 1. The Bertz CT molecular complexity index is 534. The van der Waals surface area contributed by atoms with Crippen LogP contribution in [-0.2, 0) is 4.79 Å². The van der Waals surface area contributed by atoms with E-state index in [1.165, 1.54) is 18.4 Å². The molecule has 1 amide bonds. The Kier molecular flexibility index (Phi) is 4.33. The van der Waals surface area contributed by atoms with Gasteiger partial charge in [-0.1, -0.05) is 6.07 Å². The lowest BCUT2D eigenvalue weighted by atomic mass is 9.98. The Morgan fingerprint density at radius 2 is 2.05 bits per heavy atom. The van der Waals surface area contributed by atoms with Crippen LogP contribution in [0.2, 0.25) is 0 Å². The maximum Gasteiger partial charge on any atom is 0.238 e. The standard InChI is InChI=1S/C16H22BrN3O/c1-10-2-5-15(14(17)6-10)19-16(21)9-20-12-3-4-13(20)8-11(18)7-12/h2,5-6,11-13H,3-4,7-9,18H2,1H3,(H,19,21). The highest BCUT2D eigenvalue weighted by molar-refractivity contribution is 9.10. The summed E-state index contributed by atoms with van der Waals surface area (Å²) in [6.07, 6.45) is 4.41. The van der Waals surface area contributed by atoms with E-state index in [1.807, 2.05) is 25.1 Å². The molecule has 3 rings (SSSR count). The third-order valence-electron chi connectivity index (χ3n) is 4.65. The second kappa shape index (κ2) is 6.07. The molecule has 2 bridgehead atoms. The molecule has 2 aliphatic heterocycles. The normalized spacial score (nSPS) is 28.6. The lowest BCUT2D eigenvalue weighted by Crippen LogP contribution is -2.49. The number of nitrogens with two attached hydrogens (primary N) is 1. The fourth-order valence-corrected chi connectivity index (χ4v) is 4.24. The molecule has 0 spiro atoms. The van der Waals surface area contributed by atoms with Gasteiger partial charge in [0.1, 0.15) is 0 Å². The second-order valence-corrected chi connectivity index (χ2v) is 7.17. The summed E-state index contributed by atoms with van der Waals surface area (Å²) >= 11 is 3.50. The molecule has 0 aromatic heterocycles. The second-order valence-electron chi connectivity index (χ2n) is 6.32. The van der Waals surface area contributed by atoms with Gasteiger partial charge in [-0.25, -0.2) is 0 Å². The predicted molar refractivity (Wildman–Crippen MR) is 88.2 cm³/mol. The summed E-state index contributed by atoms with van der Waals surface area (Å²) < 4.78 is 0.930. The van der Waals surface area contributed by atoms with Crippen LogP contribution in [0.15, 0.2) is 22.7 Å². The number of piperidine rings is 1. The SMILES string of the molecule is Cc1ccc(NC(=O)CN2C3CCC2CC(N)C3)c(Br)c1. The fraction of sp³-hybridized carbons (Fsp3) is 0.562. The number of aryl methyl sites for hydroxylation is 1. The molecule has 0 saturated carbocycles. The monoisotopic (exact) mass is 351 g/mol. The zero-order chi connectivity index (χ0) is 15.0. The van der Waals surface area contributed by atoms with Crippen molar-refractivity contribution in [1.82, 2.24) is 4.90 Å². The number of hydrogen-bond acceptors (Lipinski definition) is 3. The number of nitrogens with zero attached hydrogens (tertiary/aromatic N) is 1. The van der Waals surface area contributed by atoms with E-state index in [4.69, 9.17) is 5.73 Å². The largest absolute Gasteiger partial charge is 0.328 e. The maximum absolute atomic E-state index is 12.3. The average molecular weight is 352 g/mol. The van der Waals surface area contributed by atoms with Crippen molar-refractivity contribution in [2.75, 3.05) is 11.9 Å². The van der Waals surface area contributed by atoms with Crippen molar-refractivity contribution in [2.24, 2.45) is 5.73 Å². The summed E-state index contributed by atoms with van der Waals surface area (Å²) in [5.41, 5.74) is 8.08. The molecule has 2 atom stereocenters. The van der Waals surface area contributed by atoms with E-state index in [1.54, 1.807) is 0 Å². The smallest absolute Gasteiger partial charge is 0.238 e. The van der Waals surface area contributed by atoms with Crippen molar-refractivity contribution in [3.8, 4) is 0 Å². The zero-order valence-corrected chi connectivity index (χ0v) is 13.9. The van der Waals surface area contributed by atoms with Gasteiger partial charge in [0.05, 0.1) is 12.2 Å². The number of carbonyl (C=O) groups excluding carboxylic acids is 1. The summed E-state index contributed by atoms with van der Waals surface area (Å²) in [4.78, 5) is 14.7. The fourth-order valence-electron chi connectivity index (χ4n) is 3.65. The van der Waals surface area contributed by atoms with Gasteiger partial charge in [-0.3, -0.25) is 9.69 Å². The highest BCUT2D eigenvalue weighted by atomic mass is 79.9. The number of halogens is 1. The van der Waals surface area contributed by atoms with E-state index in [-0.39, 0.29) is 5.91 Å². The van der Waals surface area contributed by atoms with Crippen LogP contribution in [0.4, 0.5) is 5.69 Å². The quantitative estimate of drug-likeness (QED) is 0.879. The highest BCUT2D eigenvalue weighted by Crippen LogP contribution is 2.34. The van der Waals surface area contributed by atoms with Crippen molar-refractivity contribution in [3.63, 3.8) is 0 Å². The van der Waals surface area contributed by atoms with Crippen LogP contribution in [0.5, 0.6) is 0 Å². The molecule has 1 aromatic rings. The van der Waals surface area contributed by atoms with Crippen LogP contribution in [0, 0.1) is 6.92 Å². The van der Waals surface area contributed by atoms with Crippen LogP contribution in [0.1, 0.15) is 31.2 Å². The molecule has 2 heterocycles. The minimum Gasteiger partial charge on any atom is -0.328 e. The molecule has 3 N–H and O–H groups in total. The van der Waals surface area contributed by atoms with E-state index in [9.17, 15) is 4.79 Å². The number of fused-ring (bicyclic) bond motifs is 2. The number of hydrogen-bond donors (Lipinski definition) is 2. The Balaban J connectivity index is 1.62. The van der Waals surface area contributed by atoms with Gasteiger partial charge in [0.25, 0.3) is 0 Å². The molecule has 5 heteroatoms. The summed E-state index contributed by atoms with van der Waals surface area (Å²) in [6, 6.07) is 7.26. The van der Waals surface area contributed by atoms with Crippen molar-refractivity contribution in [2.45, 2.75) is 50.7 Å². The minimum atomic E-state index is 0.0620. The lowest BCUT2D eigenvalue weighted by molar-refractivity contribution is -0.118. The molecule has 2 fully saturated rings. The highest BCUT2D eigenvalue weighted by Gasteiger charge is 2.40. The molecular weight excluding hydrogens is 330 g/mol. The molecule has 0 radical (unpaired) electrons. The Hall–Kier alpha value is -0.910. The third-order valence-corrected chi connectivity index (χ3v) is 5.30. The van der Waals surface area contributed by atoms with Crippen molar-refractivity contribution < 1.29 is 4.79 Å². The van der Waals surface area contributed by atoms with Crippen molar-refractivity contribution >= 4 is 27.5 Å². The Morgan fingerprint density at radius 1 is 1.38 bits per heavy atom. The van der Waals surface area contributed by atoms with Gasteiger partial charge in [0.2, 0.25) is 5.91 Å². The first-order chi connectivity index (χ1) is 10.0. The average Bonchev–Trinajstić information content (AvgIpc) is 2.66. The predicted octanol–water partition coefficient (Wildman–Crippen LogP) is 2.65. The van der Waals surface area contributed by atoms with E-state index < -0.39 is 0 Å². The van der Waals surface area contributed by atoms with Crippen LogP contribution in [0.3, 0.4) is 0 Å². The van der Waals surface area contributed by atoms with Gasteiger partial charge in [-0.15, -0.1) is 0 Å². The molecule has 2 aliphatic rings. The van der Waals surface area contributed by atoms with E-state index in [0.717, 1.165) is 23.0 Å². The van der Waals surface area contributed by atoms with E-state index in [2.05, 4.69) is 26.1 Å². The third kappa shape index (κ3) is 3.30. The van der Waals surface area contributed by atoms with Crippen LogP contribution >= 0.6 is 15.9 Å². The molecule has 0 aliphatic carbocycles. The first-order valence-corrected chi connectivity index (χ1v) is 8.39. The number of nitrogens with one attached hydrogen (secondary N) is 1. The number of amides is 1. The number of anilines is 1. The molecule has 2 unspecified atom stereocenters. The lowest BCUT2D eigenvalue weighted by Gasteiger charge is -2.37. The molecule has 2 saturated heterocycles. The van der Waals surface area contributed by atoms with Gasteiger partial charge in [0, 0.05) is 22.6 Å².